The molecular weight excluding hydrogens is 137 g/mol. The molecule has 3 nitrogen and oxygen atoms in total. The lowest BCUT2D eigenvalue weighted by Crippen LogP contribution is -1.94. The smallest absolute Gasteiger partial charge is 0.258 e. The van der Waals surface area contributed by atoms with Crippen molar-refractivity contribution >= 4 is 8.53 Å². The zero-order chi connectivity index (χ0) is 6.85. The van der Waals surface area contributed by atoms with E-state index in [1.807, 2.05) is 0 Å². The van der Waals surface area contributed by atoms with Gasteiger partial charge < -0.3 is 9.05 Å². The lowest BCUT2D eigenvalue weighted by atomic mass is 10.6. The first-order valence-corrected chi connectivity index (χ1v) is 4.07. The number of hydrogen-bond donors (Lipinski definition) is 0. The summed E-state index contributed by atoms with van der Waals surface area (Å²) in [6, 6.07) is 0.663. The molecule has 2 atom stereocenters. The van der Waals surface area contributed by atoms with Crippen molar-refractivity contribution in [1.29, 1.82) is 0 Å². The molecule has 1 aliphatic rings. The summed E-state index contributed by atoms with van der Waals surface area (Å²) in [4.78, 5) is 0. The number of nitrogens with zero attached hydrogens (tertiary/aromatic N) is 1. The molecule has 0 radical (unpaired) electrons. The summed E-state index contributed by atoms with van der Waals surface area (Å²) in [6.45, 7) is 3.28. The Labute approximate surface area is 56.9 Å². The molecule has 0 amide bonds. The Hall–Kier alpha value is 0.310. The zero-order valence-corrected chi connectivity index (χ0v) is 6.89. The summed E-state index contributed by atoms with van der Waals surface area (Å²) in [7, 11) is 2.65. The molecule has 1 heterocycles. The molecule has 0 aromatic carbocycles. The highest BCUT2D eigenvalue weighted by Gasteiger charge is 2.37. The second kappa shape index (κ2) is 2.93. The molecule has 0 aromatic heterocycles. The highest BCUT2D eigenvalue weighted by Crippen LogP contribution is 2.48. The van der Waals surface area contributed by atoms with E-state index >= 15 is 0 Å². The van der Waals surface area contributed by atoms with Crippen LogP contribution in [0, 0.1) is 0 Å². The summed E-state index contributed by atoms with van der Waals surface area (Å²) < 4.78 is 12.3. The van der Waals surface area contributed by atoms with E-state index in [1.54, 1.807) is 14.2 Å². The van der Waals surface area contributed by atoms with E-state index in [4.69, 9.17) is 9.05 Å². The lowest BCUT2D eigenvalue weighted by Gasteiger charge is -2.11. The first-order chi connectivity index (χ1) is 4.29. The van der Waals surface area contributed by atoms with Crippen LogP contribution in [0.1, 0.15) is 6.92 Å². The third-order valence-corrected chi connectivity index (χ3v) is 2.95. The van der Waals surface area contributed by atoms with Crippen molar-refractivity contribution in [3.05, 3.63) is 0 Å². The largest absolute Gasteiger partial charge is 0.325 e. The molecule has 1 rings (SSSR count). The van der Waals surface area contributed by atoms with Crippen molar-refractivity contribution in [2.75, 3.05) is 20.8 Å². The highest BCUT2D eigenvalue weighted by molar-refractivity contribution is 7.44. The van der Waals surface area contributed by atoms with E-state index in [1.165, 1.54) is 0 Å². The average molecular weight is 149 g/mol. The molecular formula is C5H12NO2P. The topological polar surface area (TPSA) is 21.5 Å². The second-order valence-electron chi connectivity index (χ2n) is 2.07. The molecule has 2 unspecified atom stereocenters. The van der Waals surface area contributed by atoms with Gasteiger partial charge in [0.05, 0.1) is 0 Å². The van der Waals surface area contributed by atoms with Crippen molar-refractivity contribution in [3.63, 3.8) is 0 Å². The van der Waals surface area contributed by atoms with Crippen LogP contribution < -0.4 is 0 Å². The number of hydrogen-bond acceptors (Lipinski definition) is 3. The van der Waals surface area contributed by atoms with Gasteiger partial charge in [0.2, 0.25) is 0 Å². The average Bonchev–Trinajstić information content (AvgIpc) is 2.51. The van der Waals surface area contributed by atoms with Gasteiger partial charge in [-0.05, 0) is 6.92 Å². The van der Waals surface area contributed by atoms with Crippen LogP contribution in [0.4, 0.5) is 0 Å². The van der Waals surface area contributed by atoms with Crippen LogP contribution in [-0.4, -0.2) is 31.5 Å². The third kappa shape index (κ3) is 1.62. The van der Waals surface area contributed by atoms with Gasteiger partial charge in [-0.3, -0.25) is 0 Å². The van der Waals surface area contributed by atoms with Crippen molar-refractivity contribution in [2.24, 2.45) is 0 Å². The van der Waals surface area contributed by atoms with Gasteiger partial charge in [0.25, 0.3) is 8.53 Å². The summed E-state index contributed by atoms with van der Waals surface area (Å²) in [5, 5.41) is 0. The molecule has 0 saturated carbocycles. The monoisotopic (exact) mass is 149 g/mol. The predicted octanol–water partition coefficient (Wildman–Crippen LogP) is 1.21. The van der Waals surface area contributed by atoms with Gasteiger partial charge >= 0.3 is 0 Å². The van der Waals surface area contributed by atoms with Crippen LogP contribution in [-0.2, 0) is 9.05 Å². The second-order valence-corrected chi connectivity index (χ2v) is 3.79. The van der Waals surface area contributed by atoms with Crippen molar-refractivity contribution in [1.82, 2.24) is 4.67 Å². The summed E-state index contributed by atoms with van der Waals surface area (Å²) in [5.74, 6) is 0. The molecule has 1 aliphatic heterocycles. The molecule has 1 saturated heterocycles. The fraction of sp³-hybridized carbons (Fsp3) is 1.00. The molecule has 0 N–H and O–H groups in total. The first-order valence-electron chi connectivity index (χ1n) is 2.94. The van der Waals surface area contributed by atoms with Gasteiger partial charge in [-0.2, -0.15) is 0 Å². The minimum absolute atomic E-state index is 0.663. The van der Waals surface area contributed by atoms with Gasteiger partial charge in [0, 0.05) is 26.8 Å². The normalized spacial score (nSPS) is 33.3. The summed E-state index contributed by atoms with van der Waals surface area (Å²) in [6.07, 6.45) is 0. The van der Waals surface area contributed by atoms with E-state index < -0.39 is 8.53 Å². The quantitative estimate of drug-likeness (QED) is 0.444. The van der Waals surface area contributed by atoms with Gasteiger partial charge in [-0.1, -0.05) is 0 Å². The Balaban J connectivity index is 2.23. The molecule has 54 valence electrons. The van der Waals surface area contributed by atoms with Crippen molar-refractivity contribution in [2.45, 2.75) is 13.0 Å². The molecule has 0 spiro atoms. The van der Waals surface area contributed by atoms with E-state index in [2.05, 4.69) is 11.6 Å². The van der Waals surface area contributed by atoms with Gasteiger partial charge in [0.15, 0.2) is 0 Å². The summed E-state index contributed by atoms with van der Waals surface area (Å²) in [5.41, 5.74) is 0. The SMILES string of the molecule is COP(OC)N1CC1C. The molecule has 0 aromatic rings. The van der Waals surface area contributed by atoms with E-state index in [9.17, 15) is 0 Å². The Morgan fingerprint density at radius 3 is 2.00 bits per heavy atom. The maximum atomic E-state index is 5.06. The fourth-order valence-corrected chi connectivity index (χ4v) is 2.00. The molecule has 9 heavy (non-hydrogen) atoms. The maximum Gasteiger partial charge on any atom is 0.258 e. The van der Waals surface area contributed by atoms with Gasteiger partial charge in [-0.25, -0.2) is 4.67 Å². The van der Waals surface area contributed by atoms with Crippen LogP contribution in [0.25, 0.3) is 0 Å². The zero-order valence-electron chi connectivity index (χ0n) is 6.00. The Bertz CT molecular complexity index is 97.0. The summed E-state index contributed by atoms with van der Waals surface area (Å²) >= 11 is 0. The standard InChI is InChI=1S/C5H12NO2P/c1-5-4-6(5)9(7-2)8-3/h5H,4H2,1-3H3. The van der Waals surface area contributed by atoms with E-state index in [0.29, 0.717) is 6.04 Å². The molecule has 4 heteroatoms. The van der Waals surface area contributed by atoms with Gasteiger partial charge in [0.1, 0.15) is 0 Å². The highest BCUT2D eigenvalue weighted by atomic mass is 31.2. The van der Waals surface area contributed by atoms with Crippen molar-refractivity contribution in [3.8, 4) is 0 Å². The fourth-order valence-electron chi connectivity index (χ4n) is 0.735. The lowest BCUT2D eigenvalue weighted by molar-refractivity contribution is 0.312. The van der Waals surface area contributed by atoms with Crippen LogP contribution in [0.5, 0.6) is 0 Å². The number of rotatable bonds is 3. The molecule has 0 bridgehead atoms. The molecule has 1 fully saturated rings. The van der Waals surface area contributed by atoms with Crippen LogP contribution in [0.2, 0.25) is 0 Å². The van der Waals surface area contributed by atoms with Crippen LogP contribution in [0.3, 0.4) is 0 Å². The minimum atomic E-state index is -0.710. The maximum absolute atomic E-state index is 5.06. The Morgan fingerprint density at radius 2 is 1.89 bits per heavy atom. The predicted molar refractivity (Wildman–Crippen MR) is 37.1 cm³/mol. The van der Waals surface area contributed by atoms with E-state index in [0.717, 1.165) is 6.54 Å². The Morgan fingerprint density at radius 1 is 1.44 bits per heavy atom. The van der Waals surface area contributed by atoms with Crippen LogP contribution >= 0.6 is 8.53 Å². The molecule has 0 aliphatic carbocycles. The van der Waals surface area contributed by atoms with Crippen molar-refractivity contribution < 1.29 is 9.05 Å². The third-order valence-electron chi connectivity index (χ3n) is 1.35. The van der Waals surface area contributed by atoms with Crippen LogP contribution in [0.15, 0.2) is 0 Å². The minimum Gasteiger partial charge on any atom is -0.325 e. The first kappa shape index (κ1) is 7.42. The van der Waals surface area contributed by atoms with E-state index in [-0.39, 0.29) is 0 Å². The van der Waals surface area contributed by atoms with Gasteiger partial charge in [-0.15, -0.1) is 0 Å². The Kier molecular flexibility index (Phi) is 2.42.